The number of hydrazone groups is 1. The summed E-state index contributed by atoms with van der Waals surface area (Å²) in [5.41, 5.74) is 4.48. The second-order valence-electron chi connectivity index (χ2n) is 6.51. The Morgan fingerprint density at radius 3 is 2.27 bits per heavy atom. The van der Waals surface area contributed by atoms with E-state index < -0.39 is 22.5 Å². The molecule has 1 amide bonds. The van der Waals surface area contributed by atoms with Gasteiger partial charge in [-0.25, -0.2) is 13.8 Å². The average molecular weight is 442 g/mol. The van der Waals surface area contributed by atoms with Crippen LogP contribution < -0.4 is 9.73 Å². The van der Waals surface area contributed by atoms with Gasteiger partial charge in [0.25, 0.3) is 15.9 Å². The first-order valence-corrected chi connectivity index (χ1v) is 10.9. The molecule has 0 radical (unpaired) electrons. The van der Waals surface area contributed by atoms with Gasteiger partial charge in [0.05, 0.1) is 16.8 Å². The van der Waals surface area contributed by atoms with Gasteiger partial charge in [-0.2, -0.15) is 5.10 Å². The van der Waals surface area contributed by atoms with Gasteiger partial charge >= 0.3 is 0 Å². The molecule has 0 saturated carbocycles. The fourth-order valence-corrected chi connectivity index (χ4v) is 4.21. The number of rotatable bonds is 7. The lowest BCUT2D eigenvalue weighted by Gasteiger charge is -2.23. The van der Waals surface area contributed by atoms with Crippen LogP contribution in [-0.4, -0.2) is 27.1 Å². The third-order valence-corrected chi connectivity index (χ3v) is 6.25. The highest BCUT2D eigenvalue weighted by atomic mass is 35.5. The van der Waals surface area contributed by atoms with Crippen LogP contribution in [0.3, 0.4) is 0 Å². The Balaban J connectivity index is 1.81. The van der Waals surface area contributed by atoms with Crippen molar-refractivity contribution >= 4 is 39.4 Å². The van der Waals surface area contributed by atoms with Gasteiger partial charge in [-0.3, -0.25) is 9.10 Å². The SMILES string of the molecule is Cc1ccc(N(CC(=O)N/N=C/c2ccc(Cl)cc2)S(=O)(=O)c2ccccc2)cc1. The Morgan fingerprint density at radius 1 is 1.00 bits per heavy atom. The van der Waals surface area contributed by atoms with Gasteiger partial charge in [-0.15, -0.1) is 0 Å². The summed E-state index contributed by atoms with van der Waals surface area (Å²) in [5.74, 6) is -0.569. The van der Waals surface area contributed by atoms with Gasteiger partial charge in [0.2, 0.25) is 0 Å². The van der Waals surface area contributed by atoms with E-state index in [9.17, 15) is 13.2 Å². The standard InChI is InChI=1S/C22H20ClN3O3S/c1-17-7-13-20(14-8-17)26(30(28,29)21-5-3-2-4-6-21)16-22(27)25-24-15-18-9-11-19(23)12-10-18/h2-15H,16H2,1H3,(H,25,27)/b24-15+. The maximum absolute atomic E-state index is 13.2. The molecule has 0 aromatic heterocycles. The number of anilines is 1. The predicted molar refractivity (Wildman–Crippen MR) is 119 cm³/mol. The second-order valence-corrected chi connectivity index (χ2v) is 8.80. The van der Waals surface area contributed by atoms with Gasteiger partial charge < -0.3 is 0 Å². The summed E-state index contributed by atoms with van der Waals surface area (Å²) in [4.78, 5) is 12.6. The monoisotopic (exact) mass is 441 g/mol. The van der Waals surface area contributed by atoms with E-state index in [0.717, 1.165) is 15.4 Å². The first-order valence-electron chi connectivity index (χ1n) is 9.08. The number of amides is 1. The zero-order chi connectivity index (χ0) is 21.6. The van der Waals surface area contributed by atoms with Crippen molar-refractivity contribution in [3.05, 3.63) is 95.0 Å². The molecule has 8 heteroatoms. The molecule has 3 rings (SSSR count). The molecule has 0 spiro atoms. The normalized spacial score (nSPS) is 11.4. The molecule has 0 aliphatic heterocycles. The topological polar surface area (TPSA) is 78.8 Å². The van der Waals surface area contributed by atoms with Crippen LogP contribution in [0.1, 0.15) is 11.1 Å². The largest absolute Gasteiger partial charge is 0.271 e. The van der Waals surface area contributed by atoms with Crippen molar-refractivity contribution in [2.45, 2.75) is 11.8 Å². The van der Waals surface area contributed by atoms with E-state index in [0.29, 0.717) is 10.7 Å². The van der Waals surface area contributed by atoms with E-state index in [1.54, 1.807) is 66.7 Å². The molecular formula is C22H20ClN3O3S. The molecule has 0 bridgehead atoms. The minimum atomic E-state index is -3.94. The number of hydrogen-bond donors (Lipinski definition) is 1. The van der Waals surface area contributed by atoms with Crippen LogP contribution in [0, 0.1) is 6.92 Å². The van der Waals surface area contributed by atoms with E-state index in [2.05, 4.69) is 10.5 Å². The maximum Gasteiger partial charge on any atom is 0.264 e. The Bertz CT molecular complexity index is 1130. The number of hydrogen-bond acceptors (Lipinski definition) is 4. The number of nitrogens with zero attached hydrogens (tertiary/aromatic N) is 2. The number of halogens is 1. The van der Waals surface area contributed by atoms with E-state index >= 15 is 0 Å². The summed E-state index contributed by atoms with van der Waals surface area (Å²) in [5, 5.41) is 4.49. The molecule has 0 saturated heterocycles. The summed E-state index contributed by atoms with van der Waals surface area (Å²) in [6.45, 7) is 1.48. The highest BCUT2D eigenvalue weighted by Gasteiger charge is 2.26. The molecule has 3 aromatic rings. The molecule has 0 aliphatic rings. The van der Waals surface area contributed by atoms with Crippen molar-refractivity contribution in [3.8, 4) is 0 Å². The molecular weight excluding hydrogens is 422 g/mol. The molecule has 0 unspecified atom stereocenters. The summed E-state index contributed by atoms with van der Waals surface area (Å²) in [7, 11) is -3.94. The van der Waals surface area contributed by atoms with Gasteiger partial charge in [0.1, 0.15) is 6.54 Å². The Kier molecular flexibility index (Phi) is 6.87. The van der Waals surface area contributed by atoms with Crippen molar-refractivity contribution < 1.29 is 13.2 Å². The number of nitrogens with one attached hydrogen (secondary N) is 1. The minimum Gasteiger partial charge on any atom is -0.271 e. The molecule has 3 aromatic carbocycles. The summed E-state index contributed by atoms with van der Waals surface area (Å²) in [6, 6.07) is 21.8. The van der Waals surface area contributed by atoms with Crippen molar-refractivity contribution in [2.75, 3.05) is 10.8 Å². The number of sulfonamides is 1. The van der Waals surface area contributed by atoms with Crippen LogP contribution in [0.5, 0.6) is 0 Å². The number of carbonyl (C=O) groups is 1. The first-order chi connectivity index (χ1) is 14.4. The molecule has 0 heterocycles. The molecule has 1 N–H and O–H groups in total. The van der Waals surface area contributed by atoms with E-state index in [1.165, 1.54) is 18.3 Å². The van der Waals surface area contributed by atoms with Crippen LogP contribution in [0.25, 0.3) is 0 Å². The van der Waals surface area contributed by atoms with E-state index in [-0.39, 0.29) is 4.90 Å². The summed E-state index contributed by atoms with van der Waals surface area (Å²) in [6.07, 6.45) is 1.45. The van der Waals surface area contributed by atoms with Crippen LogP contribution >= 0.6 is 11.6 Å². The van der Waals surface area contributed by atoms with Crippen molar-refractivity contribution in [1.82, 2.24) is 5.43 Å². The van der Waals surface area contributed by atoms with E-state index in [4.69, 9.17) is 11.6 Å². The highest BCUT2D eigenvalue weighted by Crippen LogP contribution is 2.23. The van der Waals surface area contributed by atoms with Crippen LogP contribution in [-0.2, 0) is 14.8 Å². The Morgan fingerprint density at radius 2 is 1.63 bits per heavy atom. The zero-order valence-electron chi connectivity index (χ0n) is 16.2. The third kappa shape index (κ3) is 5.46. The van der Waals surface area contributed by atoms with Gasteiger partial charge in [0, 0.05) is 5.02 Å². The molecule has 0 fully saturated rings. The average Bonchev–Trinajstić information content (AvgIpc) is 2.75. The lowest BCUT2D eigenvalue weighted by Crippen LogP contribution is -2.39. The second kappa shape index (κ2) is 9.56. The van der Waals surface area contributed by atoms with Crippen LogP contribution in [0.2, 0.25) is 5.02 Å². The van der Waals surface area contributed by atoms with Crippen molar-refractivity contribution in [3.63, 3.8) is 0 Å². The molecule has 154 valence electrons. The number of carbonyl (C=O) groups excluding carboxylic acids is 1. The third-order valence-electron chi connectivity index (χ3n) is 4.21. The van der Waals surface area contributed by atoms with Gasteiger partial charge in [0.15, 0.2) is 0 Å². The molecule has 0 atom stereocenters. The first kappa shape index (κ1) is 21.5. The minimum absolute atomic E-state index is 0.100. The maximum atomic E-state index is 13.2. The fourth-order valence-electron chi connectivity index (χ4n) is 2.64. The van der Waals surface area contributed by atoms with Crippen LogP contribution in [0.15, 0.2) is 88.9 Å². The molecule has 0 aliphatic carbocycles. The van der Waals surface area contributed by atoms with Crippen molar-refractivity contribution in [2.24, 2.45) is 5.10 Å². The smallest absolute Gasteiger partial charge is 0.264 e. The van der Waals surface area contributed by atoms with Crippen molar-refractivity contribution in [1.29, 1.82) is 0 Å². The predicted octanol–water partition coefficient (Wildman–Crippen LogP) is 3.99. The Hall–Kier alpha value is -3.16. The number of aryl methyl sites for hydroxylation is 1. The van der Waals surface area contributed by atoms with Gasteiger partial charge in [-0.05, 0) is 48.9 Å². The lowest BCUT2D eigenvalue weighted by molar-refractivity contribution is -0.119. The fraction of sp³-hybridized carbons (Fsp3) is 0.0909. The number of benzene rings is 3. The van der Waals surface area contributed by atoms with Gasteiger partial charge in [-0.1, -0.05) is 59.6 Å². The van der Waals surface area contributed by atoms with Crippen LogP contribution in [0.4, 0.5) is 5.69 Å². The molecule has 30 heavy (non-hydrogen) atoms. The summed E-state index contributed by atoms with van der Waals surface area (Å²) >= 11 is 5.84. The zero-order valence-corrected chi connectivity index (χ0v) is 17.8. The lowest BCUT2D eigenvalue weighted by atomic mass is 10.2. The van der Waals surface area contributed by atoms with E-state index in [1.807, 2.05) is 6.92 Å². The molecule has 6 nitrogen and oxygen atoms in total. The highest BCUT2D eigenvalue weighted by molar-refractivity contribution is 7.92. The quantitative estimate of drug-likeness (QED) is 0.444. The Labute approximate surface area is 180 Å². The summed E-state index contributed by atoms with van der Waals surface area (Å²) < 4.78 is 27.4.